The predicted molar refractivity (Wildman–Crippen MR) is 53.2 cm³/mol. The van der Waals surface area contributed by atoms with E-state index in [2.05, 4.69) is 23.8 Å². The molecule has 0 fully saturated rings. The van der Waals surface area contributed by atoms with Crippen LogP contribution in [-0.4, -0.2) is 9.97 Å². The highest BCUT2D eigenvalue weighted by atomic mass is 14.9. The van der Waals surface area contributed by atoms with Crippen molar-refractivity contribution in [2.45, 2.75) is 39.2 Å². The van der Waals surface area contributed by atoms with Crippen molar-refractivity contribution in [1.82, 2.24) is 9.97 Å². The van der Waals surface area contributed by atoms with E-state index in [9.17, 15) is 0 Å². The highest BCUT2D eigenvalue weighted by Crippen LogP contribution is 2.21. The Bertz CT molecular complexity index is 262. The molecular formula is C10H17N3. The van der Waals surface area contributed by atoms with Gasteiger partial charge in [-0.25, -0.2) is 9.97 Å². The van der Waals surface area contributed by atoms with E-state index in [1.807, 2.05) is 19.3 Å². The first kappa shape index (κ1) is 10.1. The van der Waals surface area contributed by atoms with Gasteiger partial charge in [0.05, 0.1) is 5.54 Å². The third-order valence-electron chi connectivity index (χ3n) is 2.49. The highest BCUT2D eigenvalue weighted by molar-refractivity contribution is 5.08. The molecule has 2 N–H and O–H groups in total. The van der Waals surface area contributed by atoms with E-state index >= 15 is 0 Å². The third-order valence-corrected chi connectivity index (χ3v) is 2.49. The fourth-order valence-corrected chi connectivity index (χ4v) is 1.22. The smallest absolute Gasteiger partial charge is 0.147 e. The van der Waals surface area contributed by atoms with Gasteiger partial charge < -0.3 is 5.73 Å². The molecule has 1 heterocycles. The molecule has 0 atom stereocenters. The van der Waals surface area contributed by atoms with Crippen LogP contribution in [0.5, 0.6) is 0 Å². The lowest BCUT2D eigenvalue weighted by Crippen LogP contribution is -2.37. The maximum Gasteiger partial charge on any atom is 0.147 e. The van der Waals surface area contributed by atoms with Crippen LogP contribution in [0.4, 0.5) is 0 Å². The minimum atomic E-state index is -0.353. The average molecular weight is 179 g/mol. The molecule has 0 unspecified atom stereocenters. The first-order valence-electron chi connectivity index (χ1n) is 4.70. The molecule has 0 bridgehead atoms. The van der Waals surface area contributed by atoms with Gasteiger partial charge in [0.2, 0.25) is 0 Å². The molecule has 1 aromatic rings. The minimum Gasteiger partial charge on any atom is -0.319 e. The summed E-state index contributed by atoms with van der Waals surface area (Å²) in [7, 11) is 0. The minimum absolute atomic E-state index is 0.353. The lowest BCUT2D eigenvalue weighted by atomic mass is 9.93. The zero-order valence-corrected chi connectivity index (χ0v) is 8.54. The van der Waals surface area contributed by atoms with E-state index in [4.69, 9.17) is 5.73 Å². The Kier molecular flexibility index (Phi) is 2.98. The number of rotatable bonds is 3. The maximum absolute atomic E-state index is 6.14. The van der Waals surface area contributed by atoms with Crippen LogP contribution in [0.2, 0.25) is 0 Å². The standard InChI is InChI=1S/C10H17N3/c1-4-10(11,5-2)9-12-6-8(3)7-13-9/h6-7H,4-5,11H2,1-3H3. The number of nitrogens with two attached hydrogens (primary N) is 1. The van der Waals surface area contributed by atoms with Crippen molar-refractivity contribution in [3.8, 4) is 0 Å². The largest absolute Gasteiger partial charge is 0.319 e. The summed E-state index contributed by atoms with van der Waals surface area (Å²) in [5, 5.41) is 0. The summed E-state index contributed by atoms with van der Waals surface area (Å²) in [4.78, 5) is 8.51. The van der Waals surface area contributed by atoms with Gasteiger partial charge in [0, 0.05) is 12.4 Å². The van der Waals surface area contributed by atoms with E-state index in [0.29, 0.717) is 0 Å². The number of aromatic nitrogens is 2. The normalized spacial score (nSPS) is 11.7. The number of hydrogen-bond acceptors (Lipinski definition) is 3. The van der Waals surface area contributed by atoms with Gasteiger partial charge in [-0.15, -0.1) is 0 Å². The molecule has 72 valence electrons. The van der Waals surface area contributed by atoms with Crippen LogP contribution in [-0.2, 0) is 5.54 Å². The quantitative estimate of drug-likeness (QED) is 0.769. The Morgan fingerprint density at radius 3 is 2.08 bits per heavy atom. The lowest BCUT2D eigenvalue weighted by Gasteiger charge is -2.24. The topological polar surface area (TPSA) is 51.8 Å². The summed E-state index contributed by atoms with van der Waals surface area (Å²) < 4.78 is 0. The van der Waals surface area contributed by atoms with Gasteiger partial charge in [-0.2, -0.15) is 0 Å². The zero-order chi connectivity index (χ0) is 9.90. The molecule has 0 saturated carbocycles. The van der Waals surface area contributed by atoms with Crippen LogP contribution in [0.3, 0.4) is 0 Å². The second-order valence-electron chi connectivity index (χ2n) is 3.45. The molecule has 0 saturated heterocycles. The second-order valence-corrected chi connectivity index (χ2v) is 3.45. The van der Waals surface area contributed by atoms with Crippen LogP contribution in [0.1, 0.15) is 38.1 Å². The summed E-state index contributed by atoms with van der Waals surface area (Å²) in [6.07, 6.45) is 5.36. The van der Waals surface area contributed by atoms with Crippen LogP contribution in [0.25, 0.3) is 0 Å². The molecule has 0 aliphatic heterocycles. The summed E-state index contributed by atoms with van der Waals surface area (Å²) in [6.45, 7) is 6.10. The zero-order valence-electron chi connectivity index (χ0n) is 8.54. The monoisotopic (exact) mass is 179 g/mol. The maximum atomic E-state index is 6.14. The summed E-state index contributed by atoms with van der Waals surface area (Å²) >= 11 is 0. The molecular weight excluding hydrogens is 162 g/mol. The molecule has 1 aromatic heterocycles. The average Bonchev–Trinajstić information content (AvgIpc) is 2.18. The predicted octanol–water partition coefficient (Wildman–Crippen LogP) is 1.76. The lowest BCUT2D eigenvalue weighted by molar-refractivity contribution is 0.387. The second kappa shape index (κ2) is 3.83. The van der Waals surface area contributed by atoms with Crippen LogP contribution >= 0.6 is 0 Å². The SMILES string of the molecule is CCC(N)(CC)c1ncc(C)cn1. The molecule has 0 aromatic carbocycles. The Morgan fingerprint density at radius 2 is 1.69 bits per heavy atom. The Hall–Kier alpha value is -0.960. The fourth-order valence-electron chi connectivity index (χ4n) is 1.22. The van der Waals surface area contributed by atoms with Gasteiger partial charge in [0.25, 0.3) is 0 Å². The van der Waals surface area contributed by atoms with Crippen LogP contribution in [0, 0.1) is 6.92 Å². The molecule has 0 amide bonds. The molecule has 0 aliphatic rings. The molecule has 0 aliphatic carbocycles. The molecule has 3 nitrogen and oxygen atoms in total. The van der Waals surface area contributed by atoms with Gasteiger partial charge in [0.1, 0.15) is 5.82 Å². The number of aryl methyl sites for hydroxylation is 1. The van der Waals surface area contributed by atoms with E-state index in [1.165, 1.54) is 0 Å². The molecule has 0 radical (unpaired) electrons. The fraction of sp³-hybridized carbons (Fsp3) is 0.600. The summed E-state index contributed by atoms with van der Waals surface area (Å²) in [5.41, 5.74) is 6.86. The van der Waals surface area contributed by atoms with Crippen molar-refractivity contribution in [3.05, 3.63) is 23.8 Å². The van der Waals surface area contributed by atoms with Crippen molar-refractivity contribution in [1.29, 1.82) is 0 Å². The summed E-state index contributed by atoms with van der Waals surface area (Å²) in [5.74, 6) is 0.753. The first-order chi connectivity index (χ1) is 6.12. The van der Waals surface area contributed by atoms with Gasteiger partial charge in [0.15, 0.2) is 0 Å². The van der Waals surface area contributed by atoms with Crippen molar-refractivity contribution < 1.29 is 0 Å². The molecule has 13 heavy (non-hydrogen) atoms. The van der Waals surface area contributed by atoms with Crippen molar-refractivity contribution in [3.63, 3.8) is 0 Å². The Labute approximate surface area is 79.4 Å². The van der Waals surface area contributed by atoms with Gasteiger partial charge in [-0.1, -0.05) is 13.8 Å². The highest BCUT2D eigenvalue weighted by Gasteiger charge is 2.25. The number of nitrogens with zero attached hydrogens (tertiary/aromatic N) is 2. The van der Waals surface area contributed by atoms with E-state index < -0.39 is 0 Å². The van der Waals surface area contributed by atoms with E-state index in [1.54, 1.807) is 0 Å². The third kappa shape index (κ3) is 2.04. The van der Waals surface area contributed by atoms with Crippen molar-refractivity contribution >= 4 is 0 Å². The van der Waals surface area contributed by atoms with Crippen molar-refractivity contribution in [2.75, 3.05) is 0 Å². The number of hydrogen-bond donors (Lipinski definition) is 1. The molecule has 1 rings (SSSR count). The van der Waals surface area contributed by atoms with E-state index in [0.717, 1.165) is 24.2 Å². The van der Waals surface area contributed by atoms with Gasteiger partial charge in [-0.3, -0.25) is 0 Å². The van der Waals surface area contributed by atoms with Gasteiger partial charge in [-0.05, 0) is 25.3 Å². The van der Waals surface area contributed by atoms with Crippen molar-refractivity contribution in [2.24, 2.45) is 5.73 Å². The van der Waals surface area contributed by atoms with E-state index in [-0.39, 0.29) is 5.54 Å². The molecule has 3 heteroatoms. The van der Waals surface area contributed by atoms with Gasteiger partial charge >= 0.3 is 0 Å². The Balaban J connectivity index is 2.99. The summed E-state index contributed by atoms with van der Waals surface area (Å²) in [6, 6.07) is 0. The van der Waals surface area contributed by atoms with Crippen LogP contribution in [0.15, 0.2) is 12.4 Å². The van der Waals surface area contributed by atoms with Crippen LogP contribution < -0.4 is 5.73 Å². The first-order valence-corrected chi connectivity index (χ1v) is 4.70. The molecule has 0 spiro atoms. The Morgan fingerprint density at radius 1 is 1.23 bits per heavy atom.